The minimum Gasteiger partial charge on any atom is -0.175 e. The summed E-state index contributed by atoms with van der Waals surface area (Å²) in [6.45, 7) is 48.7. The van der Waals surface area contributed by atoms with Crippen LogP contribution in [0.3, 0.4) is 0 Å². The molecule has 194 valence electrons. The van der Waals surface area contributed by atoms with E-state index >= 15 is 0 Å². The average molecular weight is 616 g/mol. The van der Waals surface area contributed by atoms with Crippen molar-refractivity contribution in [3.8, 4) is 0 Å². The van der Waals surface area contributed by atoms with Crippen molar-refractivity contribution in [3.63, 3.8) is 0 Å². The van der Waals surface area contributed by atoms with E-state index in [9.17, 15) is 0 Å². The molecule has 0 amide bonds. The third kappa shape index (κ3) is 3.76. The maximum Gasteiger partial charge on any atom is 0.0870 e. The highest BCUT2D eigenvalue weighted by Gasteiger charge is 2.64. The van der Waals surface area contributed by atoms with E-state index in [2.05, 4.69) is 132 Å². The minimum absolute atomic E-state index is 0.292. The molecule has 0 aliphatic carbocycles. The second kappa shape index (κ2) is 8.03. The van der Waals surface area contributed by atoms with Gasteiger partial charge in [0.2, 0.25) is 0 Å². The van der Waals surface area contributed by atoms with Crippen LogP contribution in [0.2, 0.25) is 30.2 Å². The molecule has 0 nitrogen and oxygen atoms in total. The fourth-order valence-electron chi connectivity index (χ4n) is 9.94. The Morgan fingerprint density at radius 1 is 0.364 bits per heavy atom. The van der Waals surface area contributed by atoms with Crippen LogP contribution in [0.1, 0.15) is 125 Å². The Balaban J connectivity index is 2.59. The van der Waals surface area contributed by atoms with Gasteiger partial charge >= 0.3 is 0 Å². The highest BCUT2D eigenvalue weighted by molar-refractivity contribution is 9.16. The molecule has 4 bridgehead atoms. The Hall–Kier alpha value is 2.53. The average Bonchev–Trinajstić information content (AvgIpc) is 2.73. The molecule has 0 aromatic carbocycles. The predicted octanol–water partition coefficient (Wildman–Crippen LogP) is 15.8. The molecule has 0 spiro atoms. The zero-order chi connectivity index (χ0) is 26.2. The van der Waals surface area contributed by atoms with Crippen LogP contribution in [0.4, 0.5) is 0 Å². The van der Waals surface area contributed by atoms with Gasteiger partial charge in [0.15, 0.2) is 0 Å². The van der Waals surface area contributed by atoms with Crippen LogP contribution in [0, 0.1) is 0 Å². The zero-order valence-corrected chi connectivity index (χ0v) is 33.4. The number of hydrogen-bond acceptors (Lipinski definition) is 0. The second-order valence-electron chi connectivity index (χ2n) is 16.7. The van der Waals surface area contributed by atoms with Gasteiger partial charge in [-0.05, 0) is 30.2 Å². The monoisotopic (exact) mass is 615 g/mol. The first kappa shape index (κ1) is 30.1. The number of hydrogen-bond donors (Lipinski definition) is 0. The van der Waals surface area contributed by atoms with E-state index in [0.29, 0.717) is 68.6 Å². The maximum absolute atomic E-state index is 2.71. The molecule has 0 aliphatic heterocycles. The quantitative estimate of drug-likeness (QED) is 0.252. The Kier molecular flexibility index (Phi) is 7.32. The van der Waals surface area contributed by atoms with Gasteiger partial charge in [-0.3, -0.25) is 0 Å². The predicted molar refractivity (Wildman–Crippen MR) is 178 cm³/mol. The molecule has 4 aromatic heterocycles. The highest BCUT2D eigenvalue weighted by atomic mass is 33.2. The molecule has 33 heavy (non-hydrogen) atoms. The summed E-state index contributed by atoms with van der Waals surface area (Å²) < 4.78 is 0. The molecule has 4 unspecified atom stereocenters. The molecular formula is C24H54P7Si2-. The fourth-order valence-corrected chi connectivity index (χ4v) is 320. The maximum atomic E-state index is 2.71. The highest BCUT2D eigenvalue weighted by Crippen LogP contribution is 3.15. The lowest BCUT2D eigenvalue weighted by Crippen LogP contribution is -2.55. The standard InChI is InChI=1S/C24H54P7Si2/c1-19(2,3)32(20(4,5)6,21(7,8)9)30-27-25-26-28(30)29(26)31(27)33(22(10,11)12,23(13,14)15)24(16,17)18/h1-18H3/q-1. The van der Waals surface area contributed by atoms with E-state index in [1.54, 1.807) is 0 Å². The van der Waals surface area contributed by atoms with Gasteiger partial charge in [0.05, 0.1) is 15.5 Å². The van der Waals surface area contributed by atoms with Crippen LogP contribution in [-0.2, 0) is 0 Å². The van der Waals surface area contributed by atoms with Gasteiger partial charge in [0.1, 0.15) is 0 Å². The summed E-state index contributed by atoms with van der Waals surface area (Å²) in [4.78, 5) is 0. The summed E-state index contributed by atoms with van der Waals surface area (Å²) in [6, 6.07) is 0. The third-order valence-electron chi connectivity index (χ3n) is 8.40. The van der Waals surface area contributed by atoms with Crippen LogP contribution in [0.15, 0.2) is 0 Å². The molecule has 4 rings (SSSR count). The first-order valence-electron chi connectivity index (χ1n) is 12.7. The van der Waals surface area contributed by atoms with E-state index in [1.165, 1.54) is 0 Å². The summed E-state index contributed by atoms with van der Waals surface area (Å²) in [5.41, 5.74) is 0. The molecule has 0 N–H and O–H groups in total. The van der Waals surface area contributed by atoms with Crippen LogP contribution < -0.4 is 0 Å². The van der Waals surface area contributed by atoms with Crippen molar-refractivity contribution in [1.82, 2.24) is 0 Å². The molecule has 0 saturated carbocycles. The van der Waals surface area contributed by atoms with E-state index in [4.69, 9.17) is 0 Å². The van der Waals surface area contributed by atoms with Gasteiger partial charge in [-0.2, -0.15) is 25.6 Å². The molecule has 0 aliphatic rings. The molecule has 4 heterocycles. The largest absolute Gasteiger partial charge is 0.175 e. The normalized spacial score (nSPS) is 20.3. The first-order valence-corrected chi connectivity index (χ1v) is 33.7. The van der Waals surface area contributed by atoms with Crippen molar-refractivity contribution in [2.75, 3.05) is 0 Å². The van der Waals surface area contributed by atoms with E-state index in [1.807, 2.05) is 0 Å². The Bertz CT molecular complexity index is 967. The van der Waals surface area contributed by atoms with Gasteiger partial charge in [-0.15, -0.1) is 20.3 Å². The molecule has 0 saturated heterocycles. The lowest BCUT2D eigenvalue weighted by molar-refractivity contribution is 0.558. The van der Waals surface area contributed by atoms with Crippen LogP contribution in [-0.4, -0.2) is 15.5 Å². The molecule has 4 atom stereocenters. The van der Waals surface area contributed by atoms with Crippen LogP contribution >= 0.6 is 45.9 Å². The van der Waals surface area contributed by atoms with Gasteiger partial charge in [-0.25, -0.2) is 0 Å². The van der Waals surface area contributed by atoms with Crippen molar-refractivity contribution < 1.29 is 0 Å². The first-order chi connectivity index (χ1) is 14.2. The molecule has 4 aromatic rings. The van der Waals surface area contributed by atoms with Gasteiger partial charge in [-0.1, -0.05) is 125 Å². The Labute approximate surface area is 215 Å². The molecule has 0 fully saturated rings. The second-order valence-corrected chi connectivity index (χ2v) is 77.8. The van der Waals surface area contributed by atoms with E-state index in [-0.39, 0.29) is 0 Å². The number of rotatable bonds is 2. The van der Waals surface area contributed by atoms with Crippen LogP contribution in [0.5, 0.6) is 0 Å². The van der Waals surface area contributed by atoms with Gasteiger partial charge < -0.3 is 0 Å². The summed E-state index contributed by atoms with van der Waals surface area (Å²) in [5, 5.41) is 3.02. The van der Waals surface area contributed by atoms with Crippen molar-refractivity contribution in [1.29, 1.82) is 0 Å². The summed E-state index contributed by atoms with van der Waals surface area (Å²) in [5.74, 6) is 0. The lowest BCUT2D eigenvalue weighted by atomic mass is 10.2. The van der Waals surface area contributed by atoms with Crippen molar-refractivity contribution >= 4 is 61.4 Å². The molecule has 0 radical (unpaired) electrons. The summed E-state index contributed by atoms with van der Waals surface area (Å²) in [7, 11) is -1.12. The SMILES string of the molecule is CC(C)(C)[Si](p1p2[p-]p3p1p3p2[Si](C(C)(C)C)(C(C)(C)C)C(C)(C)C)(C(C)(C)C)C(C)(C)C. The van der Waals surface area contributed by atoms with E-state index < -0.39 is 15.5 Å². The van der Waals surface area contributed by atoms with E-state index in [0.717, 1.165) is 0 Å². The Morgan fingerprint density at radius 3 is 0.727 bits per heavy atom. The molecular weight excluding hydrogens is 561 g/mol. The smallest absolute Gasteiger partial charge is 0.0870 e. The lowest BCUT2D eigenvalue weighted by Gasteiger charge is -2.63. The molecule has 9 heteroatoms. The van der Waals surface area contributed by atoms with Gasteiger partial charge in [0, 0.05) is 0 Å². The topological polar surface area (TPSA) is 0 Å². The zero-order valence-electron chi connectivity index (χ0n) is 25.1. The Morgan fingerprint density at radius 2 is 0.576 bits per heavy atom. The fraction of sp³-hybridized carbons (Fsp3) is 1.00. The minimum atomic E-state index is -1.62. The van der Waals surface area contributed by atoms with Crippen molar-refractivity contribution in [2.24, 2.45) is 0 Å². The van der Waals surface area contributed by atoms with Crippen molar-refractivity contribution in [2.45, 2.75) is 155 Å². The summed E-state index contributed by atoms with van der Waals surface area (Å²) >= 11 is 0. The van der Waals surface area contributed by atoms with Crippen LogP contribution in [0.25, 0.3) is 0 Å². The summed E-state index contributed by atoms with van der Waals surface area (Å²) in [6.07, 6.45) is 2.30. The van der Waals surface area contributed by atoms with Gasteiger partial charge in [0.25, 0.3) is 0 Å². The third-order valence-corrected chi connectivity index (χ3v) is 147. The van der Waals surface area contributed by atoms with Crippen molar-refractivity contribution in [3.05, 3.63) is 0 Å².